The Bertz CT molecular complexity index is 1640. The van der Waals surface area contributed by atoms with Crippen molar-refractivity contribution in [2.45, 2.75) is 142 Å². The van der Waals surface area contributed by atoms with Crippen LogP contribution in [0.4, 0.5) is 0 Å². The van der Waals surface area contributed by atoms with E-state index in [-0.39, 0.29) is 11.5 Å². The lowest BCUT2D eigenvalue weighted by atomic mass is 9.44. The number of phenolic OH excluding ortho intramolecular Hbond substituents is 1. The largest absolute Gasteiger partial charge is 0.508 e. The number of benzene rings is 2. The normalized spacial score (nSPS) is 43.6. The van der Waals surface area contributed by atoms with E-state index in [4.69, 9.17) is 0 Å². The second-order valence-corrected chi connectivity index (χ2v) is 22.6. The van der Waals surface area contributed by atoms with Crippen LogP contribution >= 0.6 is 21.6 Å². The van der Waals surface area contributed by atoms with Gasteiger partial charge in [0.1, 0.15) is 5.75 Å². The Morgan fingerprint density at radius 1 is 0.827 bits per heavy atom. The van der Waals surface area contributed by atoms with E-state index in [9.17, 15) is 10.2 Å². The zero-order valence-corrected chi connectivity index (χ0v) is 33.7. The van der Waals surface area contributed by atoms with Gasteiger partial charge in [-0.05, 0) is 195 Å². The lowest BCUT2D eigenvalue weighted by molar-refractivity contribution is -0.0846. The highest BCUT2D eigenvalue weighted by molar-refractivity contribution is 8.76. The quantitative estimate of drug-likeness (QED) is 0.186. The molecular formula is C47H65NO2S2. The van der Waals surface area contributed by atoms with E-state index in [1.165, 1.54) is 118 Å². The number of allylic oxidation sites excluding steroid dienone is 2. The number of phenols is 1. The summed E-state index contributed by atoms with van der Waals surface area (Å²) in [6.45, 7) is 5.78. The van der Waals surface area contributed by atoms with Crippen LogP contribution in [0.25, 0.3) is 0 Å². The van der Waals surface area contributed by atoms with Gasteiger partial charge in [-0.15, -0.1) is 0 Å². The summed E-state index contributed by atoms with van der Waals surface area (Å²) in [6.07, 6.45) is 27.3. The first-order valence-electron chi connectivity index (χ1n) is 21.4. The molecular weight excluding hydrogens is 675 g/mol. The van der Waals surface area contributed by atoms with Crippen molar-refractivity contribution >= 4 is 21.6 Å². The van der Waals surface area contributed by atoms with Crippen LogP contribution < -0.4 is 5.32 Å². The molecule has 0 amide bonds. The molecule has 5 fully saturated rings. The fourth-order valence-corrected chi connectivity index (χ4v) is 17.1. The summed E-state index contributed by atoms with van der Waals surface area (Å²) in [6, 6.07) is 16.0. The number of aliphatic hydroxyl groups is 1. The topological polar surface area (TPSA) is 52.5 Å². The predicted molar refractivity (Wildman–Crippen MR) is 220 cm³/mol. The van der Waals surface area contributed by atoms with Crippen LogP contribution in [0.1, 0.15) is 132 Å². The minimum Gasteiger partial charge on any atom is -0.508 e. The van der Waals surface area contributed by atoms with Gasteiger partial charge in [-0.3, -0.25) is 0 Å². The molecule has 5 saturated carbocycles. The molecule has 1 aliphatic heterocycles. The van der Waals surface area contributed by atoms with E-state index in [1.54, 1.807) is 0 Å². The highest BCUT2D eigenvalue weighted by Crippen LogP contribution is 2.73. The Balaban J connectivity index is 1.06. The van der Waals surface area contributed by atoms with Gasteiger partial charge in [-0.2, -0.15) is 0 Å². The van der Waals surface area contributed by atoms with Gasteiger partial charge in [-0.1, -0.05) is 77.4 Å². The average molecular weight is 740 g/mol. The van der Waals surface area contributed by atoms with Crippen molar-refractivity contribution in [1.82, 2.24) is 5.32 Å². The molecule has 1 heterocycles. The minimum absolute atomic E-state index is 0.0538. The molecule has 52 heavy (non-hydrogen) atoms. The standard InChI is InChI=1S/C47H65NO2S2/c1-32-7-5-12-47(24-32)31-45(14-13-44(29-45)15-16-46(30-44)11-6-10-43(46)50)25-41-39-19-35-17-34(21-40(49)22-35)18-37-8-3-4-9-38(37)26-48-33(2)27-51-52-28-36(20-39)23-42(41)47/h3-5,8-9,12,17,21-22,32-33,36,39,41-43,48-50H,6-7,10-11,13-16,18-20,23-31H2,1-2H3/t32-,33+,36+,39-,41+,42-,43+,44+,45-,46+,47-/m0/s1. The van der Waals surface area contributed by atoms with Gasteiger partial charge in [0.15, 0.2) is 0 Å². The Labute approximate surface area is 322 Å². The molecule has 3 nitrogen and oxygen atoms in total. The van der Waals surface area contributed by atoms with Crippen molar-refractivity contribution in [1.29, 1.82) is 0 Å². The number of nitrogens with one attached hydrogen (secondary N) is 1. The van der Waals surface area contributed by atoms with Crippen molar-refractivity contribution in [3.8, 4) is 5.75 Å². The predicted octanol–water partition coefficient (Wildman–Crippen LogP) is 11.3. The molecule has 7 aliphatic rings. The molecule has 0 radical (unpaired) electrons. The SMILES string of the molecule is C[C@H]1CC=C[C@]2(C1)C[C@@]1(CC[C@@]3(CC[C@]4(CCC[C@H]4O)C3)C1)C[C@@H]1[C@H]3Cc4cc(O)cc(c4)Cc4ccccc4CN[C@H](C)CSSC[C@H](C3)C[C@@H]12. The van der Waals surface area contributed by atoms with E-state index in [2.05, 4.69) is 89.3 Å². The fourth-order valence-electron chi connectivity index (χ4n) is 14.3. The smallest absolute Gasteiger partial charge is 0.116 e. The minimum atomic E-state index is -0.0538. The first kappa shape index (κ1) is 36.3. The molecule has 9 rings (SSSR count). The highest BCUT2D eigenvalue weighted by atomic mass is 33.1. The van der Waals surface area contributed by atoms with Crippen molar-refractivity contribution in [2.75, 3.05) is 11.5 Å². The molecule has 2 aromatic rings. The Morgan fingerprint density at radius 2 is 1.63 bits per heavy atom. The van der Waals surface area contributed by atoms with Crippen LogP contribution in [0, 0.1) is 51.2 Å². The Hall–Kier alpha value is -1.40. The summed E-state index contributed by atoms with van der Waals surface area (Å²) >= 11 is 0. The lowest BCUT2D eigenvalue weighted by Crippen LogP contribution is -2.52. The summed E-state index contributed by atoms with van der Waals surface area (Å²) in [5.74, 6) is 6.54. The van der Waals surface area contributed by atoms with Gasteiger partial charge < -0.3 is 15.5 Å². The lowest BCUT2D eigenvalue weighted by Gasteiger charge is -2.61. The summed E-state index contributed by atoms with van der Waals surface area (Å²) in [5, 5.41) is 26.2. The van der Waals surface area contributed by atoms with E-state index < -0.39 is 0 Å². The van der Waals surface area contributed by atoms with Crippen molar-refractivity contribution < 1.29 is 10.2 Å². The molecule has 6 aliphatic carbocycles. The second kappa shape index (κ2) is 14.3. The van der Waals surface area contributed by atoms with Crippen LogP contribution in [-0.2, 0) is 19.4 Å². The van der Waals surface area contributed by atoms with Gasteiger partial charge in [0.2, 0.25) is 0 Å². The molecule has 11 atom stereocenters. The van der Waals surface area contributed by atoms with Gasteiger partial charge in [0.25, 0.3) is 0 Å². The number of rotatable bonds is 0. The van der Waals surface area contributed by atoms with Crippen molar-refractivity contribution in [2.24, 2.45) is 51.2 Å². The Morgan fingerprint density at radius 3 is 2.48 bits per heavy atom. The number of hydrogen-bond acceptors (Lipinski definition) is 5. The van der Waals surface area contributed by atoms with Crippen LogP contribution in [0.5, 0.6) is 5.75 Å². The maximum Gasteiger partial charge on any atom is 0.116 e. The molecule has 5 heteroatoms. The van der Waals surface area contributed by atoms with E-state index in [0.717, 1.165) is 55.2 Å². The zero-order valence-electron chi connectivity index (χ0n) is 32.1. The highest BCUT2D eigenvalue weighted by Gasteiger charge is 2.63. The average Bonchev–Trinajstić information content (AvgIpc) is 3.77. The number of hydrogen-bond donors (Lipinski definition) is 3. The van der Waals surface area contributed by atoms with Crippen molar-refractivity contribution in [3.63, 3.8) is 0 Å². The summed E-state index contributed by atoms with van der Waals surface area (Å²) in [7, 11) is 4.24. The van der Waals surface area contributed by atoms with Gasteiger partial charge in [0.05, 0.1) is 6.10 Å². The van der Waals surface area contributed by atoms with Gasteiger partial charge in [0, 0.05) is 24.1 Å². The summed E-state index contributed by atoms with van der Waals surface area (Å²) in [4.78, 5) is 0. The van der Waals surface area contributed by atoms with E-state index in [1.807, 2.05) is 6.07 Å². The molecule has 2 aromatic carbocycles. The zero-order chi connectivity index (χ0) is 35.6. The number of fused-ring (bicyclic) bond motifs is 8. The van der Waals surface area contributed by atoms with E-state index in [0.29, 0.717) is 34.0 Å². The van der Waals surface area contributed by atoms with Gasteiger partial charge in [-0.25, -0.2) is 0 Å². The molecule has 4 bridgehead atoms. The monoisotopic (exact) mass is 739 g/mol. The molecule has 0 aromatic heterocycles. The maximum atomic E-state index is 11.2. The Kier molecular flexibility index (Phi) is 9.95. The molecule has 0 saturated heterocycles. The second-order valence-electron chi connectivity index (χ2n) is 20.1. The number of aliphatic hydroxyl groups excluding tert-OH is 1. The van der Waals surface area contributed by atoms with Crippen LogP contribution in [0.3, 0.4) is 0 Å². The molecule has 282 valence electrons. The first-order valence-corrected chi connectivity index (χ1v) is 23.8. The maximum absolute atomic E-state index is 11.2. The molecule has 4 spiro atoms. The van der Waals surface area contributed by atoms with E-state index >= 15 is 0 Å². The van der Waals surface area contributed by atoms with Crippen LogP contribution in [0.2, 0.25) is 0 Å². The van der Waals surface area contributed by atoms with Gasteiger partial charge >= 0.3 is 0 Å². The third kappa shape index (κ3) is 6.98. The first-order chi connectivity index (χ1) is 25.1. The molecule has 0 unspecified atom stereocenters. The van der Waals surface area contributed by atoms with Crippen LogP contribution in [-0.4, -0.2) is 33.9 Å². The summed E-state index contributed by atoms with van der Waals surface area (Å²) < 4.78 is 0. The fraction of sp³-hybridized carbons (Fsp3) is 0.702. The number of aromatic hydroxyl groups is 1. The third-order valence-corrected chi connectivity index (χ3v) is 19.0. The molecule has 3 N–H and O–H groups in total. The summed E-state index contributed by atoms with van der Waals surface area (Å²) in [5.41, 5.74) is 6.81. The third-order valence-electron chi connectivity index (χ3n) is 16.2. The van der Waals surface area contributed by atoms with Crippen molar-refractivity contribution in [3.05, 3.63) is 76.9 Å². The van der Waals surface area contributed by atoms with Crippen LogP contribution in [0.15, 0.2) is 54.6 Å².